The highest BCUT2D eigenvalue weighted by Crippen LogP contribution is 2.19. The average Bonchev–Trinajstić information content (AvgIpc) is 2.79. The van der Waals surface area contributed by atoms with Crippen molar-refractivity contribution >= 4 is 5.97 Å². The van der Waals surface area contributed by atoms with Gasteiger partial charge in [-0.3, -0.25) is 4.79 Å². The lowest BCUT2D eigenvalue weighted by atomic mass is 10.0. The summed E-state index contributed by atoms with van der Waals surface area (Å²) < 4.78 is 5.59. The summed E-state index contributed by atoms with van der Waals surface area (Å²) >= 11 is 0. The van der Waals surface area contributed by atoms with Crippen molar-refractivity contribution in [2.45, 2.75) is 18.4 Å². The van der Waals surface area contributed by atoms with Crippen LogP contribution in [0.4, 0.5) is 0 Å². The van der Waals surface area contributed by atoms with Crippen molar-refractivity contribution in [3.8, 4) is 5.75 Å². The van der Waals surface area contributed by atoms with Crippen LogP contribution in [0.1, 0.15) is 12.8 Å². The maximum absolute atomic E-state index is 11.0. The first-order valence-corrected chi connectivity index (χ1v) is 6.53. The van der Waals surface area contributed by atoms with Crippen molar-refractivity contribution in [3.05, 3.63) is 30.3 Å². The Hall–Kier alpha value is -1.59. The molecule has 1 heterocycles. The van der Waals surface area contributed by atoms with Gasteiger partial charge in [-0.15, -0.1) is 0 Å². The van der Waals surface area contributed by atoms with E-state index in [0.717, 1.165) is 25.3 Å². The van der Waals surface area contributed by atoms with E-state index in [9.17, 15) is 4.79 Å². The molecule has 0 spiro atoms. The summed E-state index contributed by atoms with van der Waals surface area (Å²) in [4.78, 5) is 13.1. The molecule has 5 heteroatoms. The number of hydrogen-bond donors (Lipinski definition) is 2. The number of carbonyl (C=O) groups is 1. The van der Waals surface area contributed by atoms with Crippen molar-refractivity contribution in [2.75, 3.05) is 26.2 Å². The Morgan fingerprint density at radius 2 is 2.16 bits per heavy atom. The van der Waals surface area contributed by atoms with Crippen LogP contribution in [0, 0.1) is 0 Å². The first-order valence-electron chi connectivity index (χ1n) is 6.53. The van der Waals surface area contributed by atoms with Crippen LogP contribution >= 0.6 is 0 Å². The SMILES string of the molecule is NC1(C(=O)O)CCN(CCCOc2ccccc2)C1. The van der Waals surface area contributed by atoms with Crippen LogP contribution < -0.4 is 10.5 Å². The third-order valence-corrected chi connectivity index (χ3v) is 3.44. The molecule has 0 amide bonds. The number of aliphatic carboxylic acids is 1. The number of nitrogens with zero attached hydrogens (tertiary/aromatic N) is 1. The summed E-state index contributed by atoms with van der Waals surface area (Å²) in [6, 6.07) is 9.66. The number of para-hydroxylation sites is 1. The van der Waals surface area contributed by atoms with E-state index < -0.39 is 11.5 Å². The predicted molar refractivity (Wildman–Crippen MR) is 72.2 cm³/mol. The summed E-state index contributed by atoms with van der Waals surface area (Å²) in [6.45, 7) is 2.62. The normalized spacial score (nSPS) is 23.4. The van der Waals surface area contributed by atoms with Crippen LogP contribution in [0.3, 0.4) is 0 Å². The predicted octanol–water partition coefficient (Wildman–Crippen LogP) is 0.943. The van der Waals surface area contributed by atoms with Crippen molar-refractivity contribution in [3.63, 3.8) is 0 Å². The van der Waals surface area contributed by atoms with E-state index in [0.29, 0.717) is 19.6 Å². The third kappa shape index (κ3) is 3.68. The zero-order chi connectivity index (χ0) is 13.7. The van der Waals surface area contributed by atoms with Crippen LogP contribution in [0.15, 0.2) is 30.3 Å². The molecule has 1 atom stereocenters. The van der Waals surface area contributed by atoms with Crippen LogP contribution in [0.2, 0.25) is 0 Å². The van der Waals surface area contributed by atoms with E-state index in [1.807, 2.05) is 30.3 Å². The smallest absolute Gasteiger partial charge is 0.325 e. The molecule has 1 aromatic carbocycles. The van der Waals surface area contributed by atoms with Gasteiger partial charge in [-0.25, -0.2) is 0 Å². The van der Waals surface area contributed by atoms with Gasteiger partial charge in [0.05, 0.1) is 6.61 Å². The lowest BCUT2D eigenvalue weighted by molar-refractivity contribution is -0.142. The molecule has 19 heavy (non-hydrogen) atoms. The van der Waals surface area contributed by atoms with Crippen LogP contribution in [-0.4, -0.2) is 47.8 Å². The molecule has 1 fully saturated rings. The minimum absolute atomic E-state index is 0.424. The van der Waals surface area contributed by atoms with Gasteiger partial charge >= 0.3 is 5.97 Å². The Labute approximate surface area is 113 Å². The van der Waals surface area contributed by atoms with Gasteiger partial charge in [0, 0.05) is 19.6 Å². The fourth-order valence-corrected chi connectivity index (χ4v) is 2.28. The van der Waals surface area contributed by atoms with E-state index in [4.69, 9.17) is 15.6 Å². The quantitative estimate of drug-likeness (QED) is 0.748. The number of carboxylic acids is 1. The van der Waals surface area contributed by atoms with Crippen molar-refractivity contribution in [1.82, 2.24) is 4.90 Å². The van der Waals surface area contributed by atoms with Gasteiger partial charge in [0.2, 0.25) is 0 Å². The standard InChI is InChI=1S/C14H20N2O3/c15-14(13(17)18)7-9-16(11-14)8-4-10-19-12-5-2-1-3-6-12/h1-3,5-6H,4,7-11,15H2,(H,17,18). The Morgan fingerprint density at radius 3 is 2.79 bits per heavy atom. The fourth-order valence-electron chi connectivity index (χ4n) is 2.28. The second-order valence-electron chi connectivity index (χ2n) is 5.00. The van der Waals surface area contributed by atoms with Gasteiger partial charge in [0.15, 0.2) is 0 Å². The van der Waals surface area contributed by atoms with E-state index in [1.54, 1.807) is 0 Å². The molecule has 1 unspecified atom stereocenters. The lowest BCUT2D eigenvalue weighted by Gasteiger charge is -2.19. The van der Waals surface area contributed by atoms with Crippen molar-refractivity contribution in [1.29, 1.82) is 0 Å². The molecule has 5 nitrogen and oxygen atoms in total. The monoisotopic (exact) mass is 264 g/mol. The second-order valence-corrected chi connectivity index (χ2v) is 5.00. The first-order chi connectivity index (χ1) is 9.10. The van der Waals surface area contributed by atoms with Crippen molar-refractivity contribution in [2.24, 2.45) is 5.73 Å². The molecule has 1 aliphatic rings. The molecule has 104 valence electrons. The topological polar surface area (TPSA) is 75.8 Å². The van der Waals surface area contributed by atoms with E-state index in [-0.39, 0.29) is 0 Å². The number of nitrogens with two attached hydrogens (primary N) is 1. The van der Waals surface area contributed by atoms with Gasteiger partial charge in [-0.1, -0.05) is 18.2 Å². The highest BCUT2D eigenvalue weighted by molar-refractivity contribution is 5.79. The average molecular weight is 264 g/mol. The van der Waals surface area contributed by atoms with Gasteiger partial charge in [-0.05, 0) is 25.0 Å². The Bertz CT molecular complexity index is 424. The molecule has 1 aromatic rings. The maximum Gasteiger partial charge on any atom is 0.325 e. The maximum atomic E-state index is 11.0. The zero-order valence-electron chi connectivity index (χ0n) is 10.9. The third-order valence-electron chi connectivity index (χ3n) is 3.44. The molecule has 0 saturated carbocycles. The minimum atomic E-state index is -1.07. The molecule has 1 aliphatic heterocycles. The van der Waals surface area contributed by atoms with Crippen LogP contribution in [0.5, 0.6) is 5.75 Å². The summed E-state index contributed by atoms with van der Waals surface area (Å²) in [5.74, 6) is -0.0434. The molecule has 1 saturated heterocycles. The van der Waals surface area contributed by atoms with E-state index in [1.165, 1.54) is 0 Å². The largest absolute Gasteiger partial charge is 0.494 e. The van der Waals surface area contributed by atoms with Gasteiger partial charge < -0.3 is 20.5 Å². The van der Waals surface area contributed by atoms with Gasteiger partial charge in [0.25, 0.3) is 0 Å². The number of benzene rings is 1. The number of ether oxygens (including phenoxy) is 1. The number of carboxylic acid groups (broad SMARTS) is 1. The Balaban J connectivity index is 1.66. The first kappa shape index (κ1) is 13.8. The summed E-state index contributed by atoms with van der Waals surface area (Å²) in [5, 5.41) is 9.03. The highest BCUT2D eigenvalue weighted by Gasteiger charge is 2.40. The molecule has 2 rings (SSSR count). The van der Waals surface area contributed by atoms with Crippen molar-refractivity contribution < 1.29 is 14.6 Å². The molecular weight excluding hydrogens is 244 g/mol. The lowest BCUT2D eigenvalue weighted by Crippen LogP contribution is -2.50. The van der Waals surface area contributed by atoms with E-state index in [2.05, 4.69) is 4.90 Å². The zero-order valence-corrected chi connectivity index (χ0v) is 10.9. The van der Waals surface area contributed by atoms with Crippen LogP contribution in [0.25, 0.3) is 0 Å². The summed E-state index contributed by atoms with van der Waals surface area (Å²) in [7, 11) is 0. The molecule has 0 aromatic heterocycles. The van der Waals surface area contributed by atoms with Gasteiger partial charge in [-0.2, -0.15) is 0 Å². The van der Waals surface area contributed by atoms with Crippen LogP contribution in [-0.2, 0) is 4.79 Å². The minimum Gasteiger partial charge on any atom is -0.494 e. The fraction of sp³-hybridized carbons (Fsp3) is 0.500. The Kier molecular flexibility index (Phi) is 4.39. The highest BCUT2D eigenvalue weighted by atomic mass is 16.5. The molecule has 0 aliphatic carbocycles. The van der Waals surface area contributed by atoms with Gasteiger partial charge in [0.1, 0.15) is 11.3 Å². The molecular formula is C14H20N2O3. The summed E-state index contributed by atoms with van der Waals surface area (Å²) in [5.41, 5.74) is 4.75. The Morgan fingerprint density at radius 1 is 1.42 bits per heavy atom. The number of likely N-dealkylation sites (tertiary alicyclic amines) is 1. The number of rotatable bonds is 6. The molecule has 0 bridgehead atoms. The molecule has 3 N–H and O–H groups in total. The summed E-state index contributed by atoms with van der Waals surface area (Å²) in [6.07, 6.45) is 1.38. The number of hydrogen-bond acceptors (Lipinski definition) is 4. The molecule has 0 radical (unpaired) electrons. The second kappa shape index (κ2) is 6.04. The van der Waals surface area contributed by atoms with E-state index >= 15 is 0 Å².